The van der Waals surface area contributed by atoms with Crippen molar-refractivity contribution in [2.24, 2.45) is 0 Å². The van der Waals surface area contributed by atoms with Gasteiger partial charge >= 0.3 is 5.97 Å². The molecule has 3 rings (SSSR count). The first-order valence-corrected chi connectivity index (χ1v) is 9.28. The Kier molecular flexibility index (Phi) is 5.79. The number of amides is 1. The highest BCUT2D eigenvalue weighted by atomic mass is 16.5. The summed E-state index contributed by atoms with van der Waals surface area (Å²) in [5, 5.41) is 9.19. The van der Waals surface area contributed by atoms with Crippen LogP contribution in [0.1, 0.15) is 52.7 Å². The van der Waals surface area contributed by atoms with Gasteiger partial charge in [0.15, 0.2) is 0 Å². The van der Waals surface area contributed by atoms with Crippen LogP contribution in [0.5, 0.6) is 5.75 Å². The zero-order valence-electron chi connectivity index (χ0n) is 15.8. The molecule has 0 aliphatic carbocycles. The Labute approximate surface area is 159 Å². The second-order valence-electron chi connectivity index (χ2n) is 6.94. The lowest BCUT2D eigenvalue weighted by Crippen LogP contribution is -2.36. The Morgan fingerprint density at radius 3 is 2.52 bits per heavy atom. The van der Waals surface area contributed by atoms with Crippen LogP contribution < -0.4 is 4.74 Å². The molecule has 2 aromatic rings. The molecule has 0 spiro atoms. The van der Waals surface area contributed by atoms with Gasteiger partial charge in [-0.05, 0) is 59.7 Å². The van der Waals surface area contributed by atoms with E-state index in [-0.39, 0.29) is 17.4 Å². The molecule has 1 amide bonds. The van der Waals surface area contributed by atoms with Gasteiger partial charge < -0.3 is 14.7 Å². The third kappa shape index (κ3) is 4.30. The number of fused-ring (bicyclic) bond motifs is 1. The van der Waals surface area contributed by atoms with Gasteiger partial charge in [-0.25, -0.2) is 4.79 Å². The zero-order valence-corrected chi connectivity index (χ0v) is 15.8. The molecule has 5 heteroatoms. The average Bonchev–Trinajstić information content (AvgIpc) is 2.71. The number of aromatic carboxylic acids is 1. The van der Waals surface area contributed by atoms with E-state index in [1.807, 2.05) is 35.2 Å². The number of hydrogen-bond acceptors (Lipinski definition) is 3. The van der Waals surface area contributed by atoms with Gasteiger partial charge in [-0.3, -0.25) is 4.79 Å². The fourth-order valence-corrected chi connectivity index (χ4v) is 3.62. The lowest BCUT2D eigenvalue weighted by molar-refractivity contribution is -0.132. The van der Waals surface area contributed by atoms with E-state index in [0.717, 1.165) is 35.3 Å². The van der Waals surface area contributed by atoms with E-state index in [0.29, 0.717) is 19.5 Å². The second-order valence-corrected chi connectivity index (χ2v) is 6.94. The fourth-order valence-electron chi connectivity index (χ4n) is 3.62. The molecule has 1 aliphatic heterocycles. The van der Waals surface area contributed by atoms with Gasteiger partial charge in [-0.15, -0.1) is 0 Å². The zero-order chi connectivity index (χ0) is 19.4. The molecule has 0 aromatic heterocycles. The lowest BCUT2D eigenvalue weighted by Gasteiger charge is -2.30. The smallest absolute Gasteiger partial charge is 0.335 e. The standard InChI is InChI=1S/C22H25NO4/c1-3-15(16-6-8-20(27-2)9-7-16)13-21(24)23-11-10-17-4-5-18(22(25)26)12-19(17)14-23/h4-9,12,15H,3,10-11,13-14H2,1-2H3,(H,25,26). The summed E-state index contributed by atoms with van der Waals surface area (Å²) in [6.07, 6.45) is 2.10. The Hall–Kier alpha value is -2.82. The summed E-state index contributed by atoms with van der Waals surface area (Å²) in [7, 11) is 1.64. The maximum atomic E-state index is 12.9. The van der Waals surface area contributed by atoms with Crippen LogP contribution in [-0.2, 0) is 17.8 Å². The maximum absolute atomic E-state index is 12.9. The number of carboxylic acids is 1. The predicted molar refractivity (Wildman–Crippen MR) is 103 cm³/mol. The van der Waals surface area contributed by atoms with E-state index in [9.17, 15) is 14.7 Å². The van der Waals surface area contributed by atoms with Crippen molar-refractivity contribution >= 4 is 11.9 Å². The van der Waals surface area contributed by atoms with E-state index in [2.05, 4.69) is 6.92 Å². The summed E-state index contributed by atoms with van der Waals surface area (Å²) in [4.78, 5) is 25.9. The first-order valence-electron chi connectivity index (χ1n) is 9.28. The Bertz CT molecular complexity index is 829. The molecule has 1 atom stereocenters. The van der Waals surface area contributed by atoms with Crippen LogP contribution in [0.15, 0.2) is 42.5 Å². The molecular weight excluding hydrogens is 342 g/mol. The number of methoxy groups -OCH3 is 1. The van der Waals surface area contributed by atoms with E-state index in [1.54, 1.807) is 19.2 Å². The number of nitrogens with zero attached hydrogens (tertiary/aromatic N) is 1. The van der Waals surface area contributed by atoms with Crippen molar-refractivity contribution in [3.05, 3.63) is 64.7 Å². The van der Waals surface area contributed by atoms with E-state index >= 15 is 0 Å². The van der Waals surface area contributed by atoms with E-state index in [4.69, 9.17) is 4.74 Å². The largest absolute Gasteiger partial charge is 0.497 e. The molecule has 1 N–H and O–H groups in total. The number of rotatable bonds is 6. The SMILES string of the molecule is CCC(CC(=O)N1CCc2ccc(C(=O)O)cc2C1)c1ccc(OC)cc1. The van der Waals surface area contributed by atoms with Crippen molar-refractivity contribution < 1.29 is 19.4 Å². The minimum absolute atomic E-state index is 0.115. The minimum atomic E-state index is -0.938. The van der Waals surface area contributed by atoms with Crippen LogP contribution in [0, 0.1) is 0 Å². The highest BCUT2D eigenvalue weighted by Gasteiger charge is 2.24. The van der Waals surface area contributed by atoms with Gasteiger partial charge in [0.05, 0.1) is 12.7 Å². The van der Waals surface area contributed by atoms with Crippen molar-refractivity contribution in [3.8, 4) is 5.75 Å². The third-order valence-electron chi connectivity index (χ3n) is 5.32. The van der Waals surface area contributed by atoms with Crippen LogP contribution in [0.3, 0.4) is 0 Å². The molecule has 0 radical (unpaired) electrons. The molecule has 142 valence electrons. The summed E-state index contributed by atoms with van der Waals surface area (Å²) in [6, 6.07) is 13.1. The van der Waals surface area contributed by atoms with E-state index in [1.165, 1.54) is 0 Å². The van der Waals surface area contributed by atoms with Crippen molar-refractivity contribution in [2.75, 3.05) is 13.7 Å². The lowest BCUT2D eigenvalue weighted by atomic mass is 9.91. The van der Waals surface area contributed by atoms with Crippen LogP contribution in [0.4, 0.5) is 0 Å². The number of benzene rings is 2. The van der Waals surface area contributed by atoms with Gasteiger partial charge in [-0.1, -0.05) is 25.1 Å². The molecule has 0 bridgehead atoms. The summed E-state index contributed by atoms with van der Waals surface area (Å²) in [5.74, 6) is 0.146. The van der Waals surface area contributed by atoms with Crippen molar-refractivity contribution in [1.82, 2.24) is 4.90 Å². The highest BCUT2D eigenvalue weighted by Crippen LogP contribution is 2.28. The van der Waals surface area contributed by atoms with Crippen molar-refractivity contribution in [1.29, 1.82) is 0 Å². The van der Waals surface area contributed by atoms with Crippen LogP contribution in [0.2, 0.25) is 0 Å². The quantitative estimate of drug-likeness (QED) is 0.842. The topological polar surface area (TPSA) is 66.8 Å². The minimum Gasteiger partial charge on any atom is -0.497 e. The van der Waals surface area contributed by atoms with Gasteiger partial charge in [0.25, 0.3) is 0 Å². The number of carboxylic acid groups (broad SMARTS) is 1. The highest BCUT2D eigenvalue weighted by molar-refractivity contribution is 5.88. The van der Waals surface area contributed by atoms with Crippen molar-refractivity contribution in [2.45, 2.75) is 38.6 Å². The molecule has 5 nitrogen and oxygen atoms in total. The van der Waals surface area contributed by atoms with Crippen LogP contribution in [-0.4, -0.2) is 35.5 Å². The van der Waals surface area contributed by atoms with Crippen LogP contribution >= 0.6 is 0 Å². The molecular formula is C22H25NO4. The number of hydrogen-bond donors (Lipinski definition) is 1. The normalized spacial score (nSPS) is 14.4. The Morgan fingerprint density at radius 2 is 1.89 bits per heavy atom. The molecule has 0 saturated heterocycles. The van der Waals surface area contributed by atoms with Gasteiger partial charge in [0, 0.05) is 19.5 Å². The van der Waals surface area contributed by atoms with Crippen molar-refractivity contribution in [3.63, 3.8) is 0 Å². The first-order chi connectivity index (χ1) is 13.0. The van der Waals surface area contributed by atoms with E-state index < -0.39 is 5.97 Å². The first kappa shape index (κ1) is 19.0. The van der Waals surface area contributed by atoms with Crippen LogP contribution in [0.25, 0.3) is 0 Å². The van der Waals surface area contributed by atoms with Gasteiger partial charge in [0.2, 0.25) is 5.91 Å². The second kappa shape index (κ2) is 8.25. The fraction of sp³-hybridized carbons (Fsp3) is 0.364. The summed E-state index contributed by atoms with van der Waals surface area (Å²) in [5.41, 5.74) is 3.48. The maximum Gasteiger partial charge on any atom is 0.335 e. The number of ether oxygens (including phenoxy) is 1. The Morgan fingerprint density at radius 1 is 1.15 bits per heavy atom. The summed E-state index contributed by atoms with van der Waals surface area (Å²) in [6.45, 7) is 3.25. The molecule has 2 aromatic carbocycles. The summed E-state index contributed by atoms with van der Waals surface area (Å²) < 4.78 is 5.20. The molecule has 27 heavy (non-hydrogen) atoms. The molecule has 0 saturated carbocycles. The van der Waals surface area contributed by atoms with Gasteiger partial charge in [0.1, 0.15) is 5.75 Å². The number of carbonyl (C=O) groups is 2. The molecule has 1 heterocycles. The Balaban J connectivity index is 1.70. The third-order valence-corrected chi connectivity index (χ3v) is 5.32. The number of carbonyl (C=O) groups excluding carboxylic acids is 1. The molecule has 1 unspecified atom stereocenters. The monoisotopic (exact) mass is 367 g/mol. The van der Waals surface area contributed by atoms with Gasteiger partial charge in [-0.2, -0.15) is 0 Å². The molecule has 0 fully saturated rings. The predicted octanol–water partition coefficient (Wildman–Crippen LogP) is 3.86. The molecule has 1 aliphatic rings. The summed E-state index contributed by atoms with van der Waals surface area (Å²) >= 11 is 0. The average molecular weight is 367 g/mol.